The number of hydrogen-bond acceptors (Lipinski definition) is 8. The van der Waals surface area contributed by atoms with Crippen molar-refractivity contribution >= 4 is 29.7 Å². The Morgan fingerprint density at radius 3 is 1.31 bits per heavy atom. The first-order chi connectivity index (χ1) is 22.8. The van der Waals surface area contributed by atoms with Crippen molar-refractivity contribution in [2.75, 3.05) is 28.2 Å². The van der Waals surface area contributed by atoms with Gasteiger partial charge in [-0.3, -0.25) is 24.0 Å². The number of benzene rings is 2. The molecule has 3 saturated carbocycles. The number of esters is 2. The SMILES string of the molecule is CN(C)C(=O)C1CC(CC(=O)OCc2ccccc2)C1.CN(C)C(=O)C1CC(N)C1.O=C(CC1CC(C(=O)O)C1)OCc1ccccc1. The summed E-state index contributed by atoms with van der Waals surface area (Å²) in [6.45, 7) is 0.612. The van der Waals surface area contributed by atoms with Crippen molar-refractivity contribution in [3.8, 4) is 0 Å². The molecule has 2 amide bonds. The number of rotatable bonds is 11. The number of carbonyl (C=O) groups excluding carboxylic acids is 4. The molecule has 11 heteroatoms. The van der Waals surface area contributed by atoms with Crippen LogP contribution in [0.4, 0.5) is 0 Å². The minimum atomic E-state index is -0.760. The first-order valence-electron chi connectivity index (χ1n) is 16.6. The molecule has 3 aliphatic rings. The summed E-state index contributed by atoms with van der Waals surface area (Å²) in [6.07, 6.45) is 5.29. The molecule has 11 nitrogen and oxygen atoms in total. The fourth-order valence-corrected chi connectivity index (χ4v) is 5.87. The molecule has 2 aromatic rings. The minimum Gasteiger partial charge on any atom is -0.481 e. The monoisotopic (exact) mass is 665 g/mol. The smallest absolute Gasteiger partial charge is 0.306 e. The highest BCUT2D eigenvalue weighted by molar-refractivity contribution is 5.80. The number of amides is 2. The van der Waals surface area contributed by atoms with E-state index in [9.17, 15) is 24.0 Å². The average Bonchev–Trinajstić information content (AvgIpc) is 3.01. The molecule has 3 aliphatic carbocycles. The van der Waals surface area contributed by atoms with E-state index in [1.807, 2.05) is 60.7 Å². The van der Waals surface area contributed by atoms with Gasteiger partial charge in [-0.1, -0.05) is 60.7 Å². The van der Waals surface area contributed by atoms with Crippen LogP contribution in [0.5, 0.6) is 0 Å². The summed E-state index contributed by atoms with van der Waals surface area (Å²) in [5, 5.41) is 8.72. The topological polar surface area (TPSA) is 157 Å². The molecular weight excluding hydrogens is 614 g/mol. The van der Waals surface area contributed by atoms with E-state index in [0.717, 1.165) is 36.8 Å². The van der Waals surface area contributed by atoms with E-state index >= 15 is 0 Å². The van der Waals surface area contributed by atoms with E-state index in [4.69, 9.17) is 20.3 Å². The third-order valence-corrected chi connectivity index (χ3v) is 8.97. The van der Waals surface area contributed by atoms with Crippen LogP contribution in [0.15, 0.2) is 60.7 Å². The zero-order chi connectivity index (χ0) is 35.2. The Hall–Kier alpha value is -4.25. The second-order valence-corrected chi connectivity index (χ2v) is 13.5. The van der Waals surface area contributed by atoms with Gasteiger partial charge in [0.25, 0.3) is 0 Å². The predicted molar refractivity (Wildman–Crippen MR) is 180 cm³/mol. The van der Waals surface area contributed by atoms with Gasteiger partial charge >= 0.3 is 17.9 Å². The molecule has 0 bridgehead atoms. The third kappa shape index (κ3) is 12.7. The van der Waals surface area contributed by atoms with Gasteiger partial charge in [-0.2, -0.15) is 0 Å². The summed E-state index contributed by atoms with van der Waals surface area (Å²) < 4.78 is 10.4. The van der Waals surface area contributed by atoms with Gasteiger partial charge in [0.15, 0.2) is 0 Å². The quantitative estimate of drug-likeness (QED) is 0.335. The van der Waals surface area contributed by atoms with Gasteiger partial charge in [0, 0.05) is 58.9 Å². The Morgan fingerprint density at radius 1 is 0.625 bits per heavy atom. The van der Waals surface area contributed by atoms with Crippen molar-refractivity contribution in [2.45, 2.75) is 70.6 Å². The normalized spacial score (nSPS) is 23.4. The molecule has 5 rings (SSSR count). The molecule has 3 fully saturated rings. The van der Waals surface area contributed by atoms with Crippen molar-refractivity contribution in [3.05, 3.63) is 71.8 Å². The lowest BCUT2D eigenvalue weighted by molar-refractivity contribution is -0.152. The fraction of sp³-hybridized carbons (Fsp3) is 0.541. The highest BCUT2D eigenvalue weighted by Crippen LogP contribution is 2.37. The molecule has 0 aliphatic heterocycles. The lowest BCUT2D eigenvalue weighted by Crippen LogP contribution is -2.44. The molecule has 0 heterocycles. The second-order valence-electron chi connectivity index (χ2n) is 13.5. The second kappa shape index (κ2) is 18.9. The van der Waals surface area contributed by atoms with Crippen LogP contribution in [-0.4, -0.2) is 78.9 Å². The van der Waals surface area contributed by atoms with Crippen molar-refractivity contribution in [3.63, 3.8) is 0 Å². The average molecular weight is 666 g/mol. The maximum absolute atomic E-state index is 11.7. The molecule has 3 N–H and O–H groups in total. The number of carboxylic acids is 1. The van der Waals surface area contributed by atoms with E-state index in [2.05, 4.69) is 0 Å². The predicted octanol–water partition coefficient (Wildman–Crippen LogP) is 4.28. The van der Waals surface area contributed by atoms with Crippen molar-refractivity contribution in [1.29, 1.82) is 0 Å². The minimum absolute atomic E-state index is 0.0944. The van der Waals surface area contributed by atoms with E-state index in [1.165, 1.54) is 0 Å². The summed E-state index contributed by atoms with van der Waals surface area (Å²) in [7, 11) is 7.10. The van der Waals surface area contributed by atoms with Gasteiger partial charge in [0.2, 0.25) is 11.8 Å². The zero-order valence-electron chi connectivity index (χ0n) is 28.6. The number of nitrogens with zero attached hydrogens (tertiary/aromatic N) is 2. The Labute approximate surface area is 283 Å². The maximum Gasteiger partial charge on any atom is 0.306 e. The van der Waals surface area contributed by atoms with Gasteiger partial charge in [0.1, 0.15) is 13.2 Å². The van der Waals surface area contributed by atoms with Crippen LogP contribution in [0.25, 0.3) is 0 Å². The summed E-state index contributed by atoms with van der Waals surface area (Å²) >= 11 is 0. The first kappa shape index (κ1) is 38.2. The van der Waals surface area contributed by atoms with Crippen molar-refractivity contribution in [1.82, 2.24) is 9.80 Å². The Morgan fingerprint density at radius 2 is 0.979 bits per heavy atom. The van der Waals surface area contributed by atoms with Crippen LogP contribution in [0, 0.1) is 29.6 Å². The maximum atomic E-state index is 11.7. The molecular formula is C37H51N3O8. The summed E-state index contributed by atoms with van der Waals surface area (Å²) in [5.41, 5.74) is 7.49. The number of ether oxygens (including phenoxy) is 2. The van der Waals surface area contributed by atoms with Gasteiger partial charge < -0.3 is 30.1 Å². The highest BCUT2D eigenvalue weighted by atomic mass is 16.5. The number of carbonyl (C=O) groups is 5. The Bertz CT molecular complexity index is 1330. The van der Waals surface area contributed by atoms with E-state index < -0.39 is 5.97 Å². The molecule has 0 saturated heterocycles. The van der Waals surface area contributed by atoms with Crippen LogP contribution in [0.3, 0.4) is 0 Å². The molecule has 0 spiro atoms. The molecule has 262 valence electrons. The number of nitrogens with two attached hydrogens (primary N) is 1. The summed E-state index contributed by atoms with van der Waals surface area (Å²) in [4.78, 5) is 59.9. The molecule has 48 heavy (non-hydrogen) atoms. The molecule has 2 aromatic carbocycles. The summed E-state index contributed by atoms with van der Waals surface area (Å²) in [6, 6.07) is 19.4. The summed E-state index contributed by atoms with van der Waals surface area (Å²) in [5.74, 6) is -0.271. The molecule has 0 atom stereocenters. The van der Waals surface area contributed by atoms with Gasteiger partial charge in [-0.15, -0.1) is 0 Å². The van der Waals surface area contributed by atoms with Gasteiger partial charge in [-0.05, 0) is 61.5 Å². The number of carboxylic acid groups (broad SMARTS) is 1. The molecule has 0 unspecified atom stereocenters. The van der Waals surface area contributed by atoms with Crippen LogP contribution in [0.2, 0.25) is 0 Å². The van der Waals surface area contributed by atoms with Crippen LogP contribution < -0.4 is 5.73 Å². The zero-order valence-corrected chi connectivity index (χ0v) is 28.6. The van der Waals surface area contributed by atoms with E-state index in [0.29, 0.717) is 38.2 Å². The molecule has 0 radical (unpaired) electrons. The molecule has 0 aromatic heterocycles. The van der Waals surface area contributed by atoms with Crippen LogP contribution in [0.1, 0.15) is 62.5 Å². The van der Waals surface area contributed by atoms with Crippen LogP contribution >= 0.6 is 0 Å². The number of aliphatic carboxylic acids is 1. The van der Waals surface area contributed by atoms with E-state index in [-0.39, 0.29) is 60.1 Å². The Kier molecular flexibility index (Phi) is 15.1. The lowest BCUT2D eigenvalue weighted by atomic mass is 9.72. The third-order valence-electron chi connectivity index (χ3n) is 8.97. The lowest BCUT2D eigenvalue weighted by Gasteiger charge is -2.35. The standard InChI is InChI=1S/C16H21NO3.C14H16O4.C7H14N2O/c1-17(2)16(19)14-8-13(9-14)10-15(18)20-11-12-6-4-3-5-7-12;15-13(8-11-6-12(7-11)14(16)17)18-9-10-4-2-1-3-5-10;1-9(2)7(10)5-3-6(8)4-5/h3-7,13-14H,8-11H2,1-2H3;1-5,11-12H,6-9H2,(H,16,17);5-6H,3-4,8H2,1-2H3. The van der Waals surface area contributed by atoms with Crippen molar-refractivity contribution in [2.24, 2.45) is 35.3 Å². The largest absolute Gasteiger partial charge is 0.481 e. The highest BCUT2D eigenvalue weighted by Gasteiger charge is 2.37. The van der Waals surface area contributed by atoms with E-state index in [1.54, 1.807) is 38.0 Å². The number of hydrogen-bond donors (Lipinski definition) is 2. The fourth-order valence-electron chi connectivity index (χ4n) is 5.87. The van der Waals surface area contributed by atoms with Crippen LogP contribution in [-0.2, 0) is 46.7 Å². The van der Waals surface area contributed by atoms with Crippen molar-refractivity contribution < 1.29 is 38.6 Å². The van der Waals surface area contributed by atoms with Gasteiger partial charge in [-0.25, -0.2) is 0 Å². The Balaban J connectivity index is 0.000000206. The first-order valence-corrected chi connectivity index (χ1v) is 16.6. The van der Waals surface area contributed by atoms with Gasteiger partial charge in [0.05, 0.1) is 5.92 Å².